The van der Waals surface area contributed by atoms with Crippen molar-refractivity contribution in [3.8, 4) is 0 Å². The largest absolute Gasteiger partial charge is 0.477 e. The molecule has 1 aliphatic rings. The van der Waals surface area contributed by atoms with Gasteiger partial charge in [-0.2, -0.15) is 0 Å². The summed E-state index contributed by atoms with van der Waals surface area (Å²) >= 11 is 6.79. The number of carboxylic acids is 1. The summed E-state index contributed by atoms with van der Waals surface area (Å²) < 4.78 is 5.35. The average molecular weight is 334 g/mol. The van der Waals surface area contributed by atoms with Crippen LogP contribution in [0.2, 0.25) is 5.15 Å². The van der Waals surface area contributed by atoms with Gasteiger partial charge in [-0.05, 0) is 13.8 Å². The van der Waals surface area contributed by atoms with E-state index in [0.717, 1.165) is 11.3 Å². The Morgan fingerprint density at radius 3 is 2.86 bits per heavy atom. The van der Waals surface area contributed by atoms with E-state index in [4.69, 9.17) is 21.4 Å². The molecule has 1 atom stereocenters. The Bertz CT molecular complexity index is 549. The first kappa shape index (κ1) is 16.0. The van der Waals surface area contributed by atoms with Gasteiger partial charge in [-0.1, -0.05) is 22.9 Å². The molecule has 9 heteroatoms. The predicted octanol–water partition coefficient (Wildman–Crippen LogP) is 1.22. The Kier molecular flexibility index (Phi) is 5.02. The predicted molar refractivity (Wildman–Crippen MR) is 79.3 cm³/mol. The van der Waals surface area contributed by atoms with Crippen molar-refractivity contribution in [1.82, 2.24) is 10.3 Å². The fourth-order valence-corrected chi connectivity index (χ4v) is 3.18. The highest BCUT2D eigenvalue weighted by Crippen LogP contribution is 2.31. The van der Waals surface area contributed by atoms with Crippen molar-refractivity contribution in [3.05, 3.63) is 10.0 Å². The zero-order chi connectivity index (χ0) is 15.6. The van der Waals surface area contributed by atoms with Crippen LogP contribution in [0.4, 0.5) is 5.13 Å². The van der Waals surface area contributed by atoms with E-state index in [1.807, 2.05) is 13.8 Å². The van der Waals surface area contributed by atoms with Gasteiger partial charge in [0, 0.05) is 12.6 Å². The maximum Gasteiger partial charge on any atom is 0.349 e. The second kappa shape index (κ2) is 6.59. The quantitative estimate of drug-likeness (QED) is 0.861. The molecule has 1 aliphatic heterocycles. The van der Waals surface area contributed by atoms with Crippen LogP contribution in [-0.4, -0.2) is 53.8 Å². The number of carboxylic acid groups (broad SMARTS) is 1. The molecule has 7 nitrogen and oxygen atoms in total. The van der Waals surface area contributed by atoms with E-state index < -0.39 is 12.0 Å². The summed E-state index contributed by atoms with van der Waals surface area (Å²) in [5.41, 5.74) is 0. The van der Waals surface area contributed by atoms with Gasteiger partial charge in [0.2, 0.25) is 5.91 Å². The van der Waals surface area contributed by atoms with Gasteiger partial charge in [-0.3, -0.25) is 4.79 Å². The Labute approximate surface area is 130 Å². The summed E-state index contributed by atoms with van der Waals surface area (Å²) in [6.45, 7) is 4.88. The monoisotopic (exact) mass is 333 g/mol. The Balaban J connectivity index is 2.24. The van der Waals surface area contributed by atoms with Gasteiger partial charge in [-0.15, -0.1) is 0 Å². The van der Waals surface area contributed by atoms with Crippen LogP contribution in [0.1, 0.15) is 23.5 Å². The van der Waals surface area contributed by atoms with E-state index >= 15 is 0 Å². The van der Waals surface area contributed by atoms with Crippen LogP contribution in [0.15, 0.2) is 0 Å². The lowest BCUT2D eigenvalue weighted by Gasteiger charge is -2.34. The number of anilines is 1. The Hall–Kier alpha value is -1.38. The number of ether oxygens (including phenoxy) is 1. The van der Waals surface area contributed by atoms with E-state index in [2.05, 4.69) is 10.3 Å². The highest BCUT2D eigenvalue weighted by atomic mass is 35.5. The van der Waals surface area contributed by atoms with Crippen LogP contribution < -0.4 is 10.2 Å². The molecular formula is C12H16ClN3O4S. The number of nitrogens with one attached hydrogen (secondary N) is 1. The number of rotatable bonds is 4. The summed E-state index contributed by atoms with van der Waals surface area (Å²) in [7, 11) is 0. The SMILES string of the molecule is CC(C)NC(=O)C1COCCN1c1nc(Cl)c(C(=O)O)s1. The minimum atomic E-state index is -1.12. The molecule has 0 radical (unpaired) electrons. The molecule has 0 aliphatic carbocycles. The van der Waals surface area contributed by atoms with E-state index in [-0.39, 0.29) is 28.6 Å². The summed E-state index contributed by atoms with van der Waals surface area (Å²) in [4.78, 5) is 29.0. The number of aromatic carboxylic acids is 1. The molecule has 0 saturated carbocycles. The summed E-state index contributed by atoms with van der Waals surface area (Å²) in [6, 6.07) is -0.527. The summed E-state index contributed by atoms with van der Waals surface area (Å²) in [5.74, 6) is -1.30. The maximum atomic E-state index is 12.2. The lowest BCUT2D eigenvalue weighted by Crippen LogP contribution is -2.55. The number of morpholine rings is 1. The molecule has 0 bridgehead atoms. The molecule has 1 fully saturated rings. The smallest absolute Gasteiger partial charge is 0.349 e. The van der Waals surface area contributed by atoms with E-state index in [1.54, 1.807) is 4.90 Å². The zero-order valence-corrected chi connectivity index (χ0v) is 13.2. The van der Waals surface area contributed by atoms with Gasteiger partial charge in [0.25, 0.3) is 0 Å². The summed E-state index contributed by atoms with van der Waals surface area (Å²) in [5, 5.41) is 12.2. The van der Waals surface area contributed by atoms with Gasteiger partial charge in [0.05, 0.1) is 13.2 Å². The average Bonchev–Trinajstić information content (AvgIpc) is 2.80. The van der Waals surface area contributed by atoms with Crippen molar-refractivity contribution < 1.29 is 19.4 Å². The number of hydrogen-bond acceptors (Lipinski definition) is 6. The van der Waals surface area contributed by atoms with Gasteiger partial charge in [-0.25, -0.2) is 9.78 Å². The van der Waals surface area contributed by atoms with Crippen LogP contribution in [0.25, 0.3) is 0 Å². The first-order valence-electron chi connectivity index (χ1n) is 6.44. The second-order valence-corrected chi connectivity index (χ2v) is 6.20. The van der Waals surface area contributed by atoms with Gasteiger partial charge in [0.1, 0.15) is 6.04 Å². The molecule has 1 aromatic heterocycles. The van der Waals surface area contributed by atoms with Crippen LogP contribution in [0.3, 0.4) is 0 Å². The summed E-state index contributed by atoms with van der Waals surface area (Å²) in [6.07, 6.45) is 0. The van der Waals surface area contributed by atoms with Crippen molar-refractivity contribution in [3.63, 3.8) is 0 Å². The third-order valence-corrected chi connectivity index (χ3v) is 4.34. The fourth-order valence-electron chi connectivity index (χ4n) is 1.98. The molecule has 2 heterocycles. The van der Waals surface area contributed by atoms with Crippen molar-refractivity contribution in [2.45, 2.75) is 25.9 Å². The van der Waals surface area contributed by atoms with Gasteiger partial charge < -0.3 is 20.1 Å². The van der Waals surface area contributed by atoms with Crippen LogP contribution >= 0.6 is 22.9 Å². The molecule has 116 valence electrons. The Morgan fingerprint density at radius 1 is 1.57 bits per heavy atom. The molecule has 0 aromatic carbocycles. The maximum absolute atomic E-state index is 12.2. The number of carbonyl (C=O) groups excluding carboxylic acids is 1. The molecule has 21 heavy (non-hydrogen) atoms. The Morgan fingerprint density at radius 2 is 2.29 bits per heavy atom. The van der Waals surface area contributed by atoms with Gasteiger partial charge >= 0.3 is 5.97 Å². The number of aromatic nitrogens is 1. The lowest BCUT2D eigenvalue weighted by atomic mass is 10.2. The molecular weight excluding hydrogens is 318 g/mol. The van der Waals surface area contributed by atoms with Crippen LogP contribution in [0.5, 0.6) is 0 Å². The van der Waals surface area contributed by atoms with E-state index in [9.17, 15) is 9.59 Å². The van der Waals surface area contributed by atoms with Crippen LogP contribution in [-0.2, 0) is 9.53 Å². The third-order valence-electron chi connectivity index (χ3n) is 2.88. The van der Waals surface area contributed by atoms with Crippen LogP contribution in [0, 0.1) is 0 Å². The van der Waals surface area contributed by atoms with Gasteiger partial charge in [0.15, 0.2) is 15.2 Å². The first-order valence-corrected chi connectivity index (χ1v) is 7.64. The highest BCUT2D eigenvalue weighted by molar-refractivity contribution is 7.18. The fraction of sp³-hybridized carbons (Fsp3) is 0.583. The highest BCUT2D eigenvalue weighted by Gasteiger charge is 2.32. The number of halogens is 1. The van der Waals surface area contributed by atoms with E-state index in [1.165, 1.54) is 0 Å². The normalized spacial score (nSPS) is 18.9. The number of hydrogen-bond donors (Lipinski definition) is 2. The second-order valence-electron chi connectivity index (χ2n) is 4.87. The first-order chi connectivity index (χ1) is 9.90. The zero-order valence-electron chi connectivity index (χ0n) is 11.6. The molecule has 1 unspecified atom stereocenters. The minimum absolute atomic E-state index is 0.00994. The van der Waals surface area contributed by atoms with Crippen molar-refractivity contribution >= 4 is 39.9 Å². The topological polar surface area (TPSA) is 91.8 Å². The number of amides is 1. The number of nitrogens with zero attached hydrogens (tertiary/aromatic N) is 2. The molecule has 1 saturated heterocycles. The molecule has 2 rings (SSSR count). The molecule has 1 amide bonds. The van der Waals surface area contributed by atoms with Crippen molar-refractivity contribution in [1.29, 1.82) is 0 Å². The third kappa shape index (κ3) is 3.63. The standard InChI is InChI=1S/C12H16ClN3O4S/c1-6(2)14-10(17)7-5-20-4-3-16(7)12-15-9(13)8(21-12)11(18)19/h6-7H,3-5H2,1-2H3,(H,14,17)(H,18,19). The molecule has 1 aromatic rings. The number of carbonyl (C=O) groups is 2. The number of thiazole rings is 1. The van der Waals surface area contributed by atoms with E-state index in [0.29, 0.717) is 18.3 Å². The molecule has 0 spiro atoms. The molecule has 2 N–H and O–H groups in total. The lowest BCUT2D eigenvalue weighted by molar-refractivity contribution is -0.125. The van der Waals surface area contributed by atoms with Crippen molar-refractivity contribution in [2.24, 2.45) is 0 Å². The minimum Gasteiger partial charge on any atom is -0.477 e. The van der Waals surface area contributed by atoms with Crippen molar-refractivity contribution in [2.75, 3.05) is 24.7 Å².